The molecule has 1 saturated carbocycles. The monoisotopic (exact) mass is 329 g/mol. The Morgan fingerprint density at radius 3 is 2.88 bits per heavy atom. The molecule has 24 heavy (non-hydrogen) atoms. The first kappa shape index (κ1) is 15.4. The van der Waals surface area contributed by atoms with Crippen molar-refractivity contribution >= 4 is 5.91 Å². The zero-order chi connectivity index (χ0) is 16.7. The van der Waals surface area contributed by atoms with E-state index in [4.69, 9.17) is 4.74 Å². The molecule has 0 bridgehead atoms. The van der Waals surface area contributed by atoms with Gasteiger partial charge in [-0.05, 0) is 30.9 Å². The maximum Gasteiger partial charge on any atom is 0.271 e. The van der Waals surface area contributed by atoms with Gasteiger partial charge in [0, 0.05) is 39.9 Å². The van der Waals surface area contributed by atoms with Crippen molar-refractivity contribution in [2.75, 3.05) is 19.8 Å². The Bertz CT molecular complexity index is 746. The SMILES string of the molecule is Cn1cccc1C(=O)N1CCc2c(nnn2C)[C@@H]1COCC1CC1. The fraction of sp³-hybridized carbons (Fsp3) is 0.588. The Labute approximate surface area is 141 Å². The molecule has 7 heteroatoms. The van der Waals surface area contributed by atoms with Crippen molar-refractivity contribution in [3.63, 3.8) is 0 Å². The Morgan fingerprint density at radius 1 is 1.33 bits per heavy atom. The van der Waals surface area contributed by atoms with Gasteiger partial charge in [0.1, 0.15) is 17.4 Å². The number of fused-ring (bicyclic) bond motifs is 1. The summed E-state index contributed by atoms with van der Waals surface area (Å²) in [6.07, 6.45) is 5.18. The Balaban J connectivity index is 1.59. The van der Waals surface area contributed by atoms with Crippen molar-refractivity contribution in [1.82, 2.24) is 24.5 Å². The zero-order valence-electron chi connectivity index (χ0n) is 14.2. The molecule has 0 unspecified atom stereocenters. The molecule has 1 atom stereocenters. The number of aryl methyl sites for hydroxylation is 2. The van der Waals surface area contributed by atoms with Gasteiger partial charge in [0.2, 0.25) is 0 Å². The second-order valence-electron chi connectivity index (χ2n) is 6.79. The second-order valence-corrected chi connectivity index (χ2v) is 6.79. The minimum Gasteiger partial charge on any atom is -0.379 e. The van der Waals surface area contributed by atoms with Crippen molar-refractivity contribution in [1.29, 1.82) is 0 Å². The molecule has 3 heterocycles. The highest BCUT2D eigenvalue weighted by atomic mass is 16.5. The predicted molar refractivity (Wildman–Crippen MR) is 87.4 cm³/mol. The quantitative estimate of drug-likeness (QED) is 0.830. The van der Waals surface area contributed by atoms with Gasteiger partial charge in [0.25, 0.3) is 5.91 Å². The lowest BCUT2D eigenvalue weighted by atomic mass is 10.0. The molecule has 0 saturated heterocycles. The van der Waals surface area contributed by atoms with Gasteiger partial charge < -0.3 is 14.2 Å². The van der Waals surface area contributed by atoms with Crippen LogP contribution in [0.25, 0.3) is 0 Å². The molecule has 2 aliphatic rings. The molecule has 2 aromatic heterocycles. The molecule has 1 aliphatic carbocycles. The number of rotatable bonds is 5. The molecule has 0 aromatic carbocycles. The van der Waals surface area contributed by atoms with Gasteiger partial charge in [-0.3, -0.25) is 9.48 Å². The zero-order valence-corrected chi connectivity index (χ0v) is 14.2. The van der Waals surface area contributed by atoms with Crippen molar-refractivity contribution in [3.8, 4) is 0 Å². The number of aromatic nitrogens is 4. The third kappa shape index (κ3) is 2.73. The molecule has 128 valence electrons. The lowest BCUT2D eigenvalue weighted by Crippen LogP contribution is -2.43. The van der Waals surface area contributed by atoms with Crippen LogP contribution in [-0.4, -0.2) is 50.1 Å². The maximum absolute atomic E-state index is 13.0. The summed E-state index contributed by atoms with van der Waals surface area (Å²) >= 11 is 0. The third-order valence-corrected chi connectivity index (χ3v) is 5.00. The number of amides is 1. The van der Waals surface area contributed by atoms with E-state index in [-0.39, 0.29) is 11.9 Å². The summed E-state index contributed by atoms with van der Waals surface area (Å²) in [7, 11) is 3.80. The number of nitrogens with zero attached hydrogens (tertiary/aromatic N) is 5. The molecule has 4 rings (SSSR count). The topological polar surface area (TPSA) is 65.2 Å². The largest absolute Gasteiger partial charge is 0.379 e. The van der Waals surface area contributed by atoms with Crippen LogP contribution in [0.15, 0.2) is 18.3 Å². The number of carbonyl (C=O) groups is 1. The summed E-state index contributed by atoms with van der Waals surface area (Å²) < 4.78 is 9.58. The van der Waals surface area contributed by atoms with Gasteiger partial charge in [0.15, 0.2) is 0 Å². The Kier molecular flexibility index (Phi) is 3.88. The fourth-order valence-electron chi connectivity index (χ4n) is 3.34. The van der Waals surface area contributed by atoms with Crippen LogP contribution in [0, 0.1) is 5.92 Å². The second kappa shape index (κ2) is 6.05. The van der Waals surface area contributed by atoms with Gasteiger partial charge in [-0.1, -0.05) is 5.21 Å². The van der Waals surface area contributed by atoms with E-state index in [0.717, 1.165) is 24.4 Å². The minimum atomic E-state index is -0.163. The summed E-state index contributed by atoms with van der Waals surface area (Å²) in [4.78, 5) is 14.9. The Morgan fingerprint density at radius 2 is 2.17 bits per heavy atom. The standard InChI is InChI=1S/C17H23N5O2/c1-20-8-3-4-14(20)17(23)22-9-7-13-16(18-19-21(13)2)15(22)11-24-10-12-5-6-12/h3-4,8,12,15H,5-7,9-11H2,1-2H3/t15-/m0/s1. The van der Waals surface area contributed by atoms with E-state index in [1.807, 2.05) is 46.6 Å². The van der Waals surface area contributed by atoms with Gasteiger partial charge >= 0.3 is 0 Å². The highest BCUT2D eigenvalue weighted by molar-refractivity contribution is 5.93. The number of hydrogen-bond donors (Lipinski definition) is 0. The van der Waals surface area contributed by atoms with Crippen LogP contribution in [0.4, 0.5) is 0 Å². The normalized spacial score (nSPS) is 20.2. The molecule has 7 nitrogen and oxygen atoms in total. The number of hydrogen-bond acceptors (Lipinski definition) is 4. The van der Waals surface area contributed by atoms with E-state index >= 15 is 0 Å². The van der Waals surface area contributed by atoms with E-state index in [0.29, 0.717) is 24.8 Å². The summed E-state index contributed by atoms with van der Waals surface area (Å²) in [5, 5.41) is 8.47. The van der Waals surface area contributed by atoms with E-state index in [1.54, 1.807) is 0 Å². The molecular weight excluding hydrogens is 306 g/mol. The minimum absolute atomic E-state index is 0.0267. The highest BCUT2D eigenvalue weighted by Crippen LogP contribution is 2.32. The molecule has 1 aliphatic heterocycles. The molecule has 0 radical (unpaired) electrons. The van der Waals surface area contributed by atoms with Crippen LogP contribution >= 0.6 is 0 Å². The van der Waals surface area contributed by atoms with Crippen LogP contribution in [0.5, 0.6) is 0 Å². The summed E-state index contributed by atoms with van der Waals surface area (Å²) in [5.74, 6) is 0.728. The molecule has 2 aromatic rings. The molecule has 0 N–H and O–H groups in total. The van der Waals surface area contributed by atoms with Crippen LogP contribution in [-0.2, 0) is 25.3 Å². The summed E-state index contributed by atoms with van der Waals surface area (Å²) in [5.41, 5.74) is 2.67. The first-order valence-electron chi connectivity index (χ1n) is 8.53. The van der Waals surface area contributed by atoms with E-state index in [1.165, 1.54) is 12.8 Å². The lowest BCUT2D eigenvalue weighted by molar-refractivity contribution is 0.0349. The molecule has 0 spiro atoms. The van der Waals surface area contributed by atoms with E-state index in [9.17, 15) is 4.79 Å². The van der Waals surface area contributed by atoms with Crippen molar-refractivity contribution in [2.45, 2.75) is 25.3 Å². The van der Waals surface area contributed by atoms with Crippen molar-refractivity contribution in [3.05, 3.63) is 35.4 Å². The van der Waals surface area contributed by atoms with Gasteiger partial charge in [-0.25, -0.2) is 0 Å². The average Bonchev–Trinajstić information content (AvgIpc) is 3.18. The summed E-state index contributed by atoms with van der Waals surface area (Å²) in [6, 6.07) is 3.59. The van der Waals surface area contributed by atoms with Gasteiger partial charge in [0.05, 0.1) is 12.3 Å². The fourth-order valence-corrected chi connectivity index (χ4v) is 3.34. The third-order valence-electron chi connectivity index (χ3n) is 5.00. The van der Waals surface area contributed by atoms with Crippen molar-refractivity contribution < 1.29 is 9.53 Å². The average molecular weight is 329 g/mol. The maximum atomic E-state index is 13.0. The number of ether oxygens (including phenoxy) is 1. The van der Waals surface area contributed by atoms with Gasteiger partial charge in [-0.15, -0.1) is 5.10 Å². The highest BCUT2D eigenvalue weighted by Gasteiger charge is 2.36. The van der Waals surface area contributed by atoms with Gasteiger partial charge in [-0.2, -0.15) is 0 Å². The molecule has 1 amide bonds. The predicted octanol–water partition coefficient (Wildman–Crippen LogP) is 1.32. The van der Waals surface area contributed by atoms with Crippen molar-refractivity contribution in [2.24, 2.45) is 20.0 Å². The molecule has 1 fully saturated rings. The lowest BCUT2D eigenvalue weighted by Gasteiger charge is -2.34. The van der Waals surface area contributed by atoms with E-state index < -0.39 is 0 Å². The van der Waals surface area contributed by atoms with Crippen LogP contribution in [0.1, 0.15) is 40.8 Å². The van der Waals surface area contributed by atoms with E-state index in [2.05, 4.69) is 10.3 Å². The first-order chi connectivity index (χ1) is 11.6. The van der Waals surface area contributed by atoms with Crippen LogP contribution in [0.3, 0.4) is 0 Å². The Hall–Kier alpha value is -2.15. The summed E-state index contributed by atoms with van der Waals surface area (Å²) in [6.45, 7) is 1.92. The van der Waals surface area contributed by atoms with Crippen LogP contribution < -0.4 is 0 Å². The first-order valence-corrected chi connectivity index (χ1v) is 8.53. The molecular formula is C17H23N5O2. The van der Waals surface area contributed by atoms with Crippen LogP contribution in [0.2, 0.25) is 0 Å². The number of carbonyl (C=O) groups excluding carboxylic acids is 1. The smallest absolute Gasteiger partial charge is 0.271 e.